The number of rotatable bonds is 3. The third kappa shape index (κ3) is 3.16. The molecule has 2 nitrogen and oxygen atoms in total. The van der Waals surface area contributed by atoms with Gasteiger partial charge in [0.15, 0.2) is 0 Å². The summed E-state index contributed by atoms with van der Waals surface area (Å²) in [5, 5.41) is 0. The van der Waals surface area contributed by atoms with Crippen LogP contribution in [0.25, 0.3) is 5.76 Å². The van der Waals surface area contributed by atoms with E-state index >= 15 is 0 Å². The zero-order valence-corrected chi connectivity index (χ0v) is 12.7. The molecule has 0 saturated carbocycles. The number of methoxy groups -OCH3 is 1. The molecule has 0 atom stereocenters. The number of ether oxygens (including phenoxy) is 1. The normalized spacial score (nSPS) is 15.4. The van der Waals surface area contributed by atoms with Crippen molar-refractivity contribution >= 4 is 14.1 Å². The Kier molecular flexibility index (Phi) is 3.81. The Balaban J connectivity index is 2.40. The summed E-state index contributed by atoms with van der Waals surface area (Å²) in [6, 6.07) is 6.31. The van der Waals surface area contributed by atoms with E-state index in [1.165, 1.54) is 17.5 Å². The summed E-state index contributed by atoms with van der Waals surface area (Å²) in [5.74, 6) is 1.96. The fourth-order valence-electron chi connectivity index (χ4n) is 2.19. The predicted molar refractivity (Wildman–Crippen MR) is 78.3 cm³/mol. The Morgan fingerprint density at radius 1 is 1.17 bits per heavy atom. The molecule has 0 N–H and O–H groups in total. The second-order valence-electron chi connectivity index (χ2n) is 5.70. The van der Waals surface area contributed by atoms with E-state index in [0.717, 1.165) is 24.4 Å². The van der Waals surface area contributed by atoms with Crippen LogP contribution >= 0.6 is 0 Å². The zero-order valence-electron chi connectivity index (χ0n) is 11.7. The highest BCUT2D eigenvalue weighted by Gasteiger charge is 2.21. The molecule has 2 rings (SSSR count). The zero-order chi connectivity index (χ0) is 13.2. The van der Waals surface area contributed by atoms with Gasteiger partial charge in [0.2, 0.25) is 8.32 Å². The topological polar surface area (TPSA) is 18.5 Å². The third-order valence-corrected chi connectivity index (χ3v) is 3.81. The van der Waals surface area contributed by atoms with E-state index in [0.29, 0.717) is 0 Å². The van der Waals surface area contributed by atoms with Crippen molar-refractivity contribution < 1.29 is 9.16 Å². The lowest BCUT2D eigenvalue weighted by molar-refractivity contribution is 0.414. The van der Waals surface area contributed by atoms with Crippen molar-refractivity contribution in [2.45, 2.75) is 38.9 Å². The van der Waals surface area contributed by atoms with Gasteiger partial charge in [-0.1, -0.05) is 6.07 Å². The van der Waals surface area contributed by atoms with Gasteiger partial charge in [0.1, 0.15) is 11.5 Å². The Bertz CT molecular complexity index is 458. The molecule has 1 aliphatic carbocycles. The molecular formula is C15H22O2Si. The quantitative estimate of drug-likeness (QED) is 0.759. The van der Waals surface area contributed by atoms with Crippen molar-refractivity contribution in [2.24, 2.45) is 0 Å². The average Bonchev–Trinajstić information content (AvgIpc) is 2.49. The maximum absolute atomic E-state index is 6.23. The van der Waals surface area contributed by atoms with Gasteiger partial charge in [-0.15, -0.1) is 0 Å². The number of allylic oxidation sites excluding steroid dienone is 1. The fraction of sp³-hybridized carbons (Fsp3) is 0.467. The largest absolute Gasteiger partial charge is 0.544 e. The number of aryl methyl sites for hydroxylation is 1. The Hall–Kier alpha value is -1.22. The number of hydrogen-bond acceptors (Lipinski definition) is 2. The highest BCUT2D eigenvalue weighted by Crippen LogP contribution is 2.31. The van der Waals surface area contributed by atoms with Crippen molar-refractivity contribution in [1.82, 2.24) is 0 Å². The second kappa shape index (κ2) is 5.18. The van der Waals surface area contributed by atoms with Gasteiger partial charge < -0.3 is 9.16 Å². The Morgan fingerprint density at radius 2 is 1.94 bits per heavy atom. The van der Waals surface area contributed by atoms with Gasteiger partial charge in [-0.05, 0) is 62.7 Å². The van der Waals surface area contributed by atoms with E-state index in [-0.39, 0.29) is 0 Å². The molecule has 0 saturated heterocycles. The van der Waals surface area contributed by atoms with Gasteiger partial charge in [-0.2, -0.15) is 0 Å². The maximum Gasteiger partial charge on any atom is 0.242 e. The summed E-state index contributed by atoms with van der Waals surface area (Å²) in [7, 11) is 0.137. The van der Waals surface area contributed by atoms with E-state index in [1.807, 2.05) is 6.07 Å². The summed E-state index contributed by atoms with van der Waals surface area (Å²) in [6.07, 6.45) is 5.65. The van der Waals surface area contributed by atoms with Crippen LogP contribution in [-0.4, -0.2) is 15.4 Å². The summed E-state index contributed by atoms with van der Waals surface area (Å²) in [5.41, 5.74) is 2.59. The van der Waals surface area contributed by atoms with Crippen LogP contribution in [0, 0.1) is 0 Å². The molecule has 0 bridgehead atoms. The van der Waals surface area contributed by atoms with Crippen LogP contribution in [0.1, 0.15) is 24.0 Å². The van der Waals surface area contributed by atoms with Crippen LogP contribution in [0.5, 0.6) is 5.75 Å². The molecule has 1 aromatic carbocycles. The number of benzene rings is 1. The first-order valence-electron chi connectivity index (χ1n) is 6.56. The van der Waals surface area contributed by atoms with Crippen molar-refractivity contribution in [3.63, 3.8) is 0 Å². The molecule has 18 heavy (non-hydrogen) atoms. The maximum atomic E-state index is 6.23. The smallest absolute Gasteiger partial charge is 0.242 e. The predicted octanol–water partition coefficient (Wildman–Crippen LogP) is 4.22. The SMILES string of the molecule is COc1ccc2c(c1)C(O[Si](C)(C)C)=CCCC2. The fourth-order valence-corrected chi connectivity index (χ4v) is 3.05. The van der Waals surface area contributed by atoms with Gasteiger partial charge in [-0.3, -0.25) is 0 Å². The summed E-state index contributed by atoms with van der Waals surface area (Å²) >= 11 is 0. The van der Waals surface area contributed by atoms with Gasteiger partial charge in [0, 0.05) is 5.56 Å². The Morgan fingerprint density at radius 3 is 2.61 bits per heavy atom. The molecule has 0 radical (unpaired) electrons. The molecule has 0 fully saturated rings. The van der Waals surface area contributed by atoms with Gasteiger partial charge in [0.05, 0.1) is 7.11 Å². The first-order chi connectivity index (χ1) is 8.49. The van der Waals surface area contributed by atoms with Crippen LogP contribution in [0.4, 0.5) is 0 Å². The molecule has 0 spiro atoms. The van der Waals surface area contributed by atoms with Gasteiger partial charge in [-0.25, -0.2) is 0 Å². The molecule has 98 valence electrons. The first-order valence-corrected chi connectivity index (χ1v) is 9.97. The summed E-state index contributed by atoms with van der Waals surface area (Å²) < 4.78 is 11.6. The van der Waals surface area contributed by atoms with Crippen LogP contribution in [-0.2, 0) is 10.8 Å². The van der Waals surface area contributed by atoms with Crippen LogP contribution in [0.3, 0.4) is 0 Å². The van der Waals surface area contributed by atoms with Crippen LogP contribution < -0.4 is 4.74 Å². The minimum Gasteiger partial charge on any atom is -0.544 e. The van der Waals surface area contributed by atoms with Gasteiger partial charge >= 0.3 is 0 Å². The highest BCUT2D eigenvalue weighted by atomic mass is 28.4. The molecule has 0 heterocycles. The van der Waals surface area contributed by atoms with E-state index in [2.05, 4.69) is 37.8 Å². The third-order valence-electron chi connectivity index (χ3n) is 2.98. The molecule has 0 unspecified atom stereocenters. The standard InChI is InChI=1S/C15H22O2Si/c1-16-13-10-9-12-7-5-6-8-15(14(12)11-13)17-18(2,3)4/h8-11H,5-7H2,1-4H3. The molecule has 0 amide bonds. The van der Waals surface area contributed by atoms with Crippen molar-refractivity contribution in [1.29, 1.82) is 0 Å². The average molecular weight is 262 g/mol. The summed E-state index contributed by atoms with van der Waals surface area (Å²) in [4.78, 5) is 0. The molecular weight excluding hydrogens is 240 g/mol. The number of fused-ring (bicyclic) bond motifs is 1. The summed E-state index contributed by atoms with van der Waals surface area (Å²) in [6.45, 7) is 6.66. The minimum absolute atomic E-state index is 0.903. The van der Waals surface area contributed by atoms with Crippen molar-refractivity contribution in [2.75, 3.05) is 7.11 Å². The highest BCUT2D eigenvalue weighted by molar-refractivity contribution is 6.70. The van der Waals surface area contributed by atoms with E-state index in [4.69, 9.17) is 9.16 Å². The van der Waals surface area contributed by atoms with Crippen molar-refractivity contribution in [3.05, 3.63) is 35.4 Å². The molecule has 3 heteroatoms. The lowest BCUT2D eigenvalue weighted by Gasteiger charge is -2.23. The van der Waals surface area contributed by atoms with Crippen LogP contribution in [0.2, 0.25) is 19.6 Å². The van der Waals surface area contributed by atoms with Gasteiger partial charge in [0.25, 0.3) is 0 Å². The molecule has 1 aromatic rings. The monoisotopic (exact) mass is 262 g/mol. The second-order valence-corrected chi connectivity index (χ2v) is 10.1. The Labute approximate surface area is 111 Å². The first kappa shape index (κ1) is 13.2. The number of hydrogen-bond donors (Lipinski definition) is 0. The van der Waals surface area contributed by atoms with E-state index < -0.39 is 8.32 Å². The lowest BCUT2D eigenvalue weighted by Crippen LogP contribution is -2.24. The molecule has 1 aliphatic rings. The van der Waals surface area contributed by atoms with E-state index in [9.17, 15) is 0 Å². The van der Waals surface area contributed by atoms with Crippen molar-refractivity contribution in [3.8, 4) is 5.75 Å². The molecule has 0 aliphatic heterocycles. The lowest BCUT2D eigenvalue weighted by atomic mass is 10.0. The van der Waals surface area contributed by atoms with E-state index in [1.54, 1.807) is 7.11 Å². The minimum atomic E-state index is -1.57. The molecule has 0 aromatic heterocycles. The van der Waals surface area contributed by atoms with Crippen LogP contribution in [0.15, 0.2) is 24.3 Å².